The smallest absolute Gasteiger partial charge is 0.408 e. The molecule has 0 saturated heterocycles. The maximum atomic E-state index is 11.9. The summed E-state index contributed by atoms with van der Waals surface area (Å²) >= 11 is 0. The number of carbonyl (C=O) groups excluding carboxylic acids is 1. The second-order valence-corrected chi connectivity index (χ2v) is 7.98. The van der Waals surface area contributed by atoms with Crippen LogP contribution in [-0.2, 0) is 16.0 Å². The zero-order chi connectivity index (χ0) is 20.7. The van der Waals surface area contributed by atoms with Gasteiger partial charge >= 0.3 is 12.1 Å². The quantitative estimate of drug-likeness (QED) is 0.695. The van der Waals surface area contributed by atoms with E-state index in [-0.39, 0.29) is 12.5 Å². The van der Waals surface area contributed by atoms with Crippen molar-refractivity contribution >= 4 is 12.1 Å². The fourth-order valence-electron chi connectivity index (χ4n) is 3.12. The van der Waals surface area contributed by atoms with Crippen LogP contribution in [-0.4, -0.2) is 41.5 Å². The first-order valence-corrected chi connectivity index (χ1v) is 9.82. The number of nitrogens with one attached hydrogen (secondary N) is 1. The highest BCUT2D eigenvalue weighted by atomic mass is 16.6. The number of carboxylic acid groups (broad SMARTS) is 1. The predicted octanol–water partition coefficient (Wildman–Crippen LogP) is 3.93. The van der Waals surface area contributed by atoms with Crippen LogP contribution in [0.1, 0.15) is 58.9 Å². The SMILES string of the molecule is CCOc1cc(CC(NC(=O)OC(C)(C)C)C(=O)O)ccc1OC1CCCC1. The molecule has 1 atom stereocenters. The largest absolute Gasteiger partial charge is 0.490 e. The maximum Gasteiger partial charge on any atom is 0.408 e. The molecule has 1 aliphatic rings. The summed E-state index contributed by atoms with van der Waals surface area (Å²) in [4.78, 5) is 23.5. The average molecular weight is 393 g/mol. The summed E-state index contributed by atoms with van der Waals surface area (Å²) in [6.07, 6.45) is 3.96. The van der Waals surface area contributed by atoms with E-state index in [2.05, 4.69) is 5.32 Å². The molecule has 1 aromatic carbocycles. The van der Waals surface area contributed by atoms with Crippen molar-refractivity contribution in [2.75, 3.05) is 6.61 Å². The van der Waals surface area contributed by atoms with Gasteiger partial charge in [-0.1, -0.05) is 6.07 Å². The standard InChI is InChI=1S/C21H31NO6/c1-5-26-18-13-14(10-11-17(18)27-15-8-6-7-9-15)12-16(19(23)24)22-20(25)28-21(2,3)4/h10-11,13,15-16H,5-9,12H2,1-4H3,(H,22,25)(H,23,24). The van der Waals surface area contributed by atoms with E-state index in [0.717, 1.165) is 18.4 Å². The van der Waals surface area contributed by atoms with Crippen molar-refractivity contribution in [2.24, 2.45) is 0 Å². The molecule has 2 N–H and O–H groups in total. The summed E-state index contributed by atoms with van der Waals surface area (Å²) < 4.78 is 16.9. The molecule has 1 aromatic rings. The number of ether oxygens (including phenoxy) is 3. The number of alkyl carbamates (subject to hydrolysis) is 1. The van der Waals surface area contributed by atoms with E-state index in [1.54, 1.807) is 32.9 Å². The third-order valence-electron chi connectivity index (χ3n) is 4.33. The first kappa shape index (κ1) is 21.9. The topological polar surface area (TPSA) is 94.1 Å². The van der Waals surface area contributed by atoms with Gasteiger partial charge in [-0.15, -0.1) is 0 Å². The van der Waals surface area contributed by atoms with Crippen LogP contribution < -0.4 is 14.8 Å². The van der Waals surface area contributed by atoms with Gasteiger partial charge < -0.3 is 24.6 Å². The van der Waals surface area contributed by atoms with Gasteiger partial charge in [-0.3, -0.25) is 0 Å². The van der Waals surface area contributed by atoms with Crippen LogP contribution in [0.15, 0.2) is 18.2 Å². The molecule has 0 spiro atoms. The van der Waals surface area contributed by atoms with Crippen molar-refractivity contribution < 1.29 is 28.9 Å². The highest BCUT2D eigenvalue weighted by molar-refractivity contribution is 5.80. The fraction of sp³-hybridized carbons (Fsp3) is 0.619. The monoisotopic (exact) mass is 393 g/mol. The van der Waals surface area contributed by atoms with Crippen molar-refractivity contribution in [3.63, 3.8) is 0 Å². The number of hydrogen-bond acceptors (Lipinski definition) is 5. The van der Waals surface area contributed by atoms with Gasteiger partial charge in [0.25, 0.3) is 0 Å². The minimum absolute atomic E-state index is 0.109. The summed E-state index contributed by atoms with van der Waals surface area (Å²) in [6, 6.07) is 4.29. The van der Waals surface area contributed by atoms with Crippen molar-refractivity contribution in [2.45, 2.75) is 77.5 Å². The normalized spacial score (nSPS) is 15.7. The van der Waals surface area contributed by atoms with Crippen molar-refractivity contribution in [3.8, 4) is 11.5 Å². The van der Waals surface area contributed by atoms with E-state index >= 15 is 0 Å². The number of benzene rings is 1. The highest BCUT2D eigenvalue weighted by Gasteiger charge is 2.25. The van der Waals surface area contributed by atoms with Crippen molar-refractivity contribution in [1.29, 1.82) is 0 Å². The number of amides is 1. The molecule has 1 saturated carbocycles. The number of rotatable bonds is 8. The minimum Gasteiger partial charge on any atom is -0.490 e. The second kappa shape index (κ2) is 9.66. The van der Waals surface area contributed by atoms with Crippen molar-refractivity contribution in [3.05, 3.63) is 23.8 Å². The summed E-state index contributed by atoms with van der Waals surface area (Å²) in [7, 11) is 0. The van der Waals surface area contributed by atoms with Gasteiger partial charge in [0.05, 0.1) is 12.7 Å². The number of carboxylic acids is 1. The Labute approximate surface area is 166 Å². The molecule has 0 bridgehead atoms. The molecule has 156 valence electrons. The molecule has 2 rings (SSSR count). The highest BCUT2D eigenvalue weighted by Crippen LogP contribution is 2.33. The summed E-state index contributed by atoms with van der Waals surface area (Å²) in [5, 5.41) is 11.9. The van der Waals surface area contributed by atoms with E-state index in [1.807, 2.05) is 13.0 Å². The molecule has 0 radical (unpaired) electrons. The Balaban J connectivity index is 2.09. The average Bonchev–Trinajstić information content (AvgIpc) is 3.08. The predicted molar refractivity (Wildman–Crippen MR) is 105 cm³/mol. The van der Waals surface area contributed by atoms with Gasteiger partial charge in [0, 0.05) is 6.42 Å². The molecule has 0 heterocycles. The first-order valence-electron chi connectivity index (χ1n) is 9.82. The van der Waals surface area contributed by atoms with E-state index in [1.165, 1.54) is 12.8 Å². The Kier molecular flexibility index (Phi) is 7.54. The van der Waals surface area contributed by atoms with E-state index in [0.29, 0.717) is 18.1 Å². The third kappa shape index (κ3) is 6.94. The summed E-state index contributed by atoms with van der Waals surface area (Å²) in [6.45, 7) is 7.53. The third-order valence-corrected chi connectivity index (χ3v) is 4.33. The Morgan fingerprint density at radius 2 is 1.89 bits per heavy atom. The molecule has 0 aliphatic heterocycles. The second-order valence-electron chi connectivity index (χ2n) is 7.98. The lowest BCUT2D eigenvalue weighted by molar-refractivity contribution is -0.139. The van der Waals surface area contributed by atoms with Gasteiger partial charge in [0.1, 0.15) is 11.6 Å². The lowest BCUT2D eigenvalue weighted by Crippen LogP contribution is -2.44. The lowest BCUT2D eigenvalue weighted by atomic mass is 10.1. The molecule has 1 aliphatic carbocycles. The molecule has 1 amide bonds. The van der Waals surface area contributed by atoms with Crippen LogP contribution in [0.25, 0.3) is 0 Å². The van der Waals surface area contributed by atoms with E-state index in [4.69, 9.17) is 14.2 Å². The van der Waals surface area contributed by atoms with Gasteiger partial charge in [0.15, 0.2) is 11.5 Å². The Morgan fingerprint density at radius 1 is 1.21 bits per heavy atom. The van der Waals surface area contributed by atoms with Gasteiger partial charge in [0.2, 0.25) is 0 Å². The van der Waals surface area contributed by atoms with E-state index < -0.39 is 23.7 Å². The maximum absolute atomic E-state index is 11.9. The van der Waals surface area contributed by atoms with Crippen LogP contribution >= 0.6 is 0 Å². The van der Waals surface area contributed by atoms with Gasteiger partial charge in [-0.25, -0.2) is 9.59 Å². The fourth-order valence-corrected chi connectivity index (χ4v) is 3.12. The Hall–Kier alpha value is -2.44. The Morgan fingerprint density at radius 3 is 2.46 bits per heavy atom. The molecule has 28 heavy (non-hydrogen) atoms. The van der Waals surface area contributed by atoms with Crippen LogP contribution in [0.4, 0.5) is 4.79 Å². The molecular weight excluding hydrogens is 362 g/mol. The summed E-state index contributed by atoms with van der Waals surface area (Å²) in [5.41, 5.74) is 0.0276. The zero-order valence-corrected chi connectivity index (χ0v) is 17.1. The summed E-state index contributed by atoms with van der Waals surface area (Å²) in [5.74, 6) is 0.132. The van der Waals surface area contributed by atoms with Crippen LogP contribution in [0.2, 0.25) is 0 Å². The first-order chi connectivity index (χ1) is 13.2. The number of hydrogen-bond donors (Lipinski definition) is 2. The molecule has 0 aromatic heterocycles. The van der Waals surface area contributed by atoms with Gasteiger partial charge in [-0.05, 0) is 71.1 Å². The lowest BCUT2D eigenvalue weighted by Gasteiger charge is -2.22. The molecule has 7 nitrogen and oxygen atoms in total. The van der Waals surface area contributed by atoms with E-state index in [9.17, 15) is 14.7 Å². The van der Waals surface area contributed by atoms with Crippen LogP contribution in [0, 0.1) is 0 Å². The number of aliphatic carboxylic acids is 1. The number of carbonyl (C=O) groups is 2. The molecular formula is C21H31NO6. The zero-order valence-electron chi connectivity index (χ0n) is 17.1. The molecule has 7 heteroatoms. The molecule has 1 fully saturated rings. The van der Waals surface area contributed by atoms with Crippen LogP contribution in [0.5, 0.6) is 11.5 Å². The van der Waals surface area contributed by atoms with Crippen LogP contribution in [0.3, 0.4) is 0 Å². The Bertz CT molecular complexity index is 676. The minimum atomic E-state index is -1.13. The van der Waals surface area contributed by atoms with Gasteiger partial charge in [-0.2, -0.15) is 0 Å². The van der Waals surface area contributed by atoms with Crippen molar-refractivity contribution in [1.82, 2.24) is 5.32 Å². The molecule has 1 unspecified atom stereocenters.